The monoisotopic (exact) mass is 281 g/mol. The molecular weight excluding hydrogens is 254 g/mol. The largest absolute Gasteiger partial charge is 0.497 e. The van der Waals surface area contributed by atoms with E-state index in [9.17, 15) is 0 Å². The molecule has 0 spiro atoms. The first kappa shape index (κ1) is 16.8. The van der Waals surface area contributed by atoms with Crippen molar-refractivity contribution in [2.45, 2.75) is 45.9 Å². The van der Waals surface area contributed by atoms with Gasteiger partial charge in [-0.1, -0.05) is 6.07 Å². The molecule has 20 heavy (non-hydrogen) atoms. The van der Waals surface area contributed by atoms with Gasteiger partial charge in [-0.3, -0.25) is 0 Å². The Balaban J connectivity index is 2.86. The van der Waals surface area contributed by atoms with Crippen molar-refractivity contribution in [3.05, 3.63) is 23.8 Å². The van der Waals surface area contributed by atoms with Gasteiger partial charge in [0.25, 0.3) is 0 Å². The molecule has 1 rings (SSSR count). The van der Waals surface area contributed by atoms with Crippen LogP contribution in [0, 0.1) is 0 Å². The molecule has 114 valence electrons. The Labute approximate surface area is 122 Å². The molecule has 1 N–H and O–H groups in total. The molecule has 4 nitrogen and oxygen atoms in total. The Hall–Kier alpha value is -1.26. The minimum absolute atomic E-state index is 0.000456. The molecule has 0 radical (unpaired) electrons. The van der Waals surface area contributed by atoms with Gasteiger partial charge in [-0.15, -0.1) is 0 Å². The highest BCUT2D eigenvalue weighted by Gasteiger charge is 2.13. The van der Waals surface area contributed by atoms with Gasteiger partial charge in [-0.25, -0.2) is 0 Å². The summed E-state index contributed by atoms with van der Waals surface area (Å²) in [6.45, 7) is 9.73. The van der Waals surface area contributed by atoms with E-state index in [4.69, 9.17) is 14.2 Å². The average molecular weight is 281 g/mol. The lowest BCUT2D eigenvalue weighted by Gasteiger charge is -2.23. The second-order valence-corrected chi connectivity index (χ2v) is 5.96. The molecular formula is C16H27NO3. The summed E-state index contributed by atoms with van der Waals surface area (Å²) in [5, 5.41) is 3.47. The van der Waals surface area contributed by atoms with E-state index in [1.54, 1.807) is 14.2 Å². The van der Waals surface area contributed by atoms with Crippen molar-refractivity contribution in [1.82, 2.24) is 5.32 Å². The van der Waals surface area contributed by atoms with E-state index in [-0.39, 0.29) is 11.6 Å². The highest BCUT2D eigenvalue weighted by atomic mass is 16.5. The molecule has 0 aliphatic carbocycles. The van der Waals surface area contributed by atoms with E-state index in [0.717, 1.165) is 23.6 Å². The topological polar surface area (TPSA) is 39.7 Å². The van der Waals surface area contributed by atoms with Gasteiger partial charge in [0.1, 0.15) is 17.6 Å². The van der Waals surface area contributed by atoms with E-state index < -0.39 is 0 Å². The van der Waals surface area contributed by atoms with Crippen LogP contribution in [0.15, 0.2) is 18.2 Å². The summed E-state index contributed by atoms with van der Waals surface area (Å²) in [7, 11) is 3.33. The van der Waals surface area contributed by atoms with E-state index in [0.29, 0.717) is 6.61 Å². The zero-order chi connectivity index (χ0) is 15.2. The zero-order valence-electron chi connectivity index (χ0n) is 13.4. The molecule has 1 aromatic carbocycles. The highest BCUT2D eigenvalue weighted by molar-refractivity contribution is 5.41. The lowest BCUT2D eigenvalue weighted by molar-refractivity contribution is 0.0911. The molecule has 0 aromatic heterocycles. The molecule has 1 unspecified atom stereocenters. The number of rotatable bonds is 7. The van der Waals surface area contributed by atoms with Gasteiger partial charge in [0.2, 0.25) is 0 Å². The summed E-state index contributed by atoms with van der Waals surface area (Å²) in [6, 6.07) is 5.91. The van der Waals surface area contributed by atoms with E-state index in [1.165, 1.54) is 0 Å². The SMILES string of the molecule is COCC(C)Oc1cc(OC)ccc1CNC(C)(C)C. The van der Waals surface area contributed by atoms with Crippen LogP contribution in [0.4, 0.5) is 0 Å². The average Bonchev–Trinajstić information content (AvgIpc) is 2.36. The Bertz CT molecular complexity index is 413. The summed E-state index contributed by atoms with van der Waals surface area (Å²) >= 11 is 0. The van der Waals surface area contributed by atoms with E-state index in [1.807, 2.05) is 25.1 Å². The van der Waals surface area contributed by atoms with Crippen LogP contribution in [0.3, 0.4) is 0 Å². The molecule has 4 heteroatoms. The third-order valence-corrected chi connectivity index (χ3v) is 2.81. The highest BCUT2D eigenvalue weighted by Crippen LogP contribution is 2.26. The Morgan fingerprint density at radius 3 is 2.45 bits per heavy atom. The van der Waals surface area contributed by atoms with Gasteiger partial charge in [0.05, 0.1) is 13.7 Å². The van der Waals surface area contributed by atoms with Gasteiger partial charge < -0.3 is 19.5 Å². The van der Waals surface area contributed by atoms with E-state index >= 15 is 0 Å². The minimum atomic E-state index is 0.000456. The molecule has 0 amide bonds. The van der Waals surface area contributed by atoms with Gasteiger partial charge in [0.15, 0.2) is 0 Å². The quantitative estimate of drug-likeness (QED) is 0.834. The zero-order valence-corrected chi connectivity index (χ0v) is 13.4. The number of benzene rings is 1. The Kier molecular flexibility index (Phi) is 6.30. The smallest absolute Gasteiger partial charge is 0.128 e. The first-order valence-electron chi connectivity index (χ1n) is 6.93. The predicted molar refractivity (Wildman–Crippen MR) is 81.6 cm³/mol. The lowest BCUT2D eigenvalue weighted by Crippen LogP contribution is -2.35. The Morgan fingerprint density at radius 1 is 1.20 bits per heavy atom. The van der Waals surface area contributed by atoms with Crippen LogP contribution in [0.5, 0.6) is 11.5 Å². The number of hydrogen-bond acceptors (Lipinski definition) is 4. The maximum atomic E-state index is 5.95. The third kappa shape index (κ3) is 5.80. The maximum Gasteiger partial charge on any atom is 0.128 e. The van der Waals surface area contributed by atoms with Crippen molar-refractivity contribution in [1.29, 1.82) is 0 Å². The van der Waals surface area contributed by atoms with Gasteiger partial charge in [-0.2, -0.15) is 0 Å². The summed E-state index contributed by atoms with van der Waals surface area (Å²) < 4.78 is 16.3. The van der Waals surface area contributed by atoms with Crippen molar-refractivity contribution >= 4 is 0 Å². The number of methoxy groups -OCH3 is 2. The summed E-state index contributed by atoms with van der Waals surface area (Å²) in [4.78, 5) is 0. The van der Waals surface area contributed by atoms with Gasteiger partial charge >= 0.3 is 0 Å². The molecule has 0 saturated heterocycles. The lowest BCUT2D eigenvalue weighted by atomic mass is 10.1. The molecule has 0 bridgehead atoms. The van der Waals surface area contributed by atoms with Crippen molar-refractivity contribution in [2.24, 2.45) is 0 Å². The predicted octanol–water partition coefficient (Wildman–Crippen LogP) is 3.00. The minimum Gasteiger partial charge on any atom is -0.497 e. The number of hydrogen-bond donors (Lipinski definition) is 1. The second kappa shape index (κ2) is 7.50. The van der Waals surface area contributed by atoms with Crippen molar-refractivity contribution < 1.29 is 14.2 Å². The molecule has 0 aliphatic rings. The first-order chi connectivity index (χ1) is 9.35. The summed E-state index contributed by atoms with van der Waals surface area (Å²) in [5.41, 5.74) is 1.18. The van der Waals surface area contributed by atoms with Crippen LogP contribution in [0.25, 0.3) is 0 Å². The standard InChI is InChI=1S/C16H27NO3/c1-12(11-18-5)20-15-9-14(19-6)8-7-13(15)10-17-16(2,3)4/h7-9,12,17H,10-11H2,1-6H3. The van der Waals surface area contributed by atoms with Crippen LogP contribution in [-0.2, 0) is 11.3 Å². The van der Waals surface area contributed by atoms with Crippen LogP contribution in [0.1, 0.15) is 33.3 Å². The summed E-state index contributed by atoms with van der Waals surface area (Å²) in [6.07, 6.45) is 0.000456. The fourth-order valence-electron chi connectivity index (χ4n) is 1.76. The number of ether oxygens (including phenoxy) is 3. The first-order valence-corrected chi connectivity index (χ1v) is 6.93. The molecule has 0 saturated carbocycles. The fraction of sp³-hybridized carbons (Fsp3) is 0.625. The van der Waals surface area contributed by atoms with Gasteiger partial charge in [0, 0.05) is 30.8 Å². The molecule has 0 fully saturated rings. The number of nitrogens with one attached hydrogen (secondary N) is 1. The van der Waals surface area contributed by atoms with Crippen molar-refractivity contribution in [3.63, 3.8) is 0 Å². The summed E-state index contributed by atoms with van der Waals surface area (Å²) in [5.74, 6) is 1.63. The normalized spacial score (nSPS) is 13.1. The van der Waals surface area contributed by atoms with Crippen molar-refractivity contribution in [2.75, 3.05) is 20.8 Å². The van der Waals surface area contributed by atoms with Gasteiger partial charge in [-0.05, 0) is 33.8 Å². The van der Waals surface area contributed by atoms with Crippen LogP contribution in [-0.4, -0.2) is 32.5 Å². The molecule has 0 aliphatic heterocycles. The molecule has 1 atom stereocenters. The maximum absolute atomic E-state index is 5.95. The molecule has 1 aromatic rings. The fourth-order valence-corrected chi connectivity index (χ4v) is 1.76. The third-order valence-electron chi connectivity index (χ3n) is 2.81. The Morgan fingerprint density at radius 2 is 1.90 bits per heavy atom. The molecule has 0 heterocycles. The van der Waals surface area contributed by atoms with Crippen LogP contribution in [0.2, 0.25) is 0 Å². The van der Waals surface area contributed by atoms with Crippen molar-refractivity contribution in [3.8, 4) is 11.5 Å². The van der Waals surface area contributed by atoms with Crippen LogP contribution < -0.4 is 14.8 Å². The van der Waals surface area contributed by atoms with E-state index in [2.05, 4.69) is 26.1 Å². The second-order valence-electron chi connectivity index (χ2n) is 5.96. The van der Waals surface area contributed by atoms with Crippen LogP contribution >= 0.6 is 0 Å².